The smallest absolute Gasteiger partial charge is 0.316 e. The summed E-state index contributed by atoms with van der Waals surface area (Å²) in [5.74, 6) is -0.239. The van der Waals surface area contributed by atoms with Crippen molar-refractivity contribution in [2.75, 3.05) is 20.3 Å². The Morgan fingerprint density at radius 3 is 2.89 bits per heavy atom. The number of hydrogen-bond acceptors (Lipinski definition) is 4. The van der Waals surface area contributed by atoms with Gasteiger partial charge in [0.1, 0.15) is 5.41 Å². The summed E-state index contributed by atoms with van der Waals surface area (Å²) in [6.45, 7) is 2.74. The Balaban J connectivity index is 1.76. The van der Waals surface area contributed by atoms with Crippen LogP contribution < -0.4 is 0 Å². The highest BCUT2D eigenvalue weighted by Crippen LogP contribution is 2.60. The van der Waals surface area contributed by atoms with E-state index in [-0.39, 0.29) is 30.6 Å². The van der Waals surface area contributed by atoms with Crippen molar-refractivity contribution in [3.63, 3.8) is 0 Å². The molecule has 5 heterocycles. The van der Waals surface area contributed by atoms with E-state index < -0.39 is 5.41 Å². The number of hydrogen-bond donors (Lipinski definition) is 1. The minimum absolute atomic E-state index is 0.0271. The Bertz CT molecular complexity index is 975. The third-order valence-corrected chi connectivity index (χ3v) is 7.46. The predicted molar refractivity (Wildman–Crippen MR) is 103 cm³/mol. The molecule has 0 spiro atoms. The zero-order valence-electron chi connectivity index (χ0n) is 16.1. The predicted octanol–water partition coefficient (Wildman–Crippen LogP) is 2.58. The van der Waals surface area contributed by atoms with E-state index in [1.807, 2.05) is 6.92 Å². The lowest BCUT2D eigenvalue weighted by Gasteiger charge is -2.62. The molecule has 0 aliphatic carbocycles. The Labute approximate surface area is 159 Å². The molecule has 5 atom stereocenters. The van der Waals surface area contributed by atoms with E-state index in [4.69, 9.17) is 4.74 Å². The fourth-order valence-corrected chi connectivity index (χ4v) is 6.27. The Kier molecular flexibility index (Phi) is 3.59. The van der Waals surface area contributed by atoms with Gasteiger partial charge in [0.15, 0.2) is 0 Å². The third kappa shape index (κ3) is 1.89. The van der Waals surface area contributed by atoms with Crippen molar-refractivity contribution in [1.82, 2.24) is 9.47 Å². The Hall–Kier alpha value is -2.11. The summed E-state index contributed by atoms with van der Waals surface area (Å²) in [4.78, 5) is 15.5. The lowest BCUT2D eigenvalue weighted by Crippen LogP contribution is -2.69. The zero-order chi connectivity index (χ0) is 18.9. The summed E-state index contributed by atoms with van der Waals surface area (Å²) in [6.07, 6.45) is 3.75. The molecule has 142 valence electrons. The SMILES string of the molecule is C/C=C1/CN2[C@H]3Cc4c(n(C)c5ccccc45)[C@@H]2C[C@@H]1[C@@]3(CO)C(=O)OC. The van der Waals surface area contributed by atoms with E-state index in [0.29, 0.717) is 0 Å². The molecular formula is C22H26N2O3. The number of allylic oxidation sites excluding steroid dienone is 1. The highest BCUT2D eigenvalue weighted by atomic mass is 16.5. The molecule has 1 unspecified atom stereocenters. The minimum atomic E-state index is -0.875. The highest BCUT2D eigenvalue weighted by molar-refractivity contribution is 5.87. The normalized spacial score (nSPS) is 35.5. The van der Waals surface area contributed by atoms with Crippen LogP contribution >= 0.6 is 0 Å². The summed E-state index contributed by atoms with van der Waals surface area (Å²) in [7, 11) is 3.59. The molecule has 4 aliphatic heterocycles. The van der Waals surface area contributed by atoms with Gasteiger partial charge in [-0.2, -0.15) is 0 Å². The van der Waals surface area contributed by atoms with E-state index in [1.54, 1.807) is 0 Å². The minimum Gasteiger partial charge on any atom is -0.468 e. The van der Waals surface area contributed by atoms with Crippen LogP contribution in [-0.2, 0) is 23.0 Å². The van der Waals surface area contributed by atoms with Gasteiger partial charge in [0.05, 0.1) is 19.8 Å². The number of carbonyl (C=O) groups is 1. The number of aliphatic hydroxyl groups excluding tert-OH is 1. The lowest BCUT2D eigenvalue weighted by molar-refractivity contribution is -0.183. The molecular weight excluding hydrogens is 340 g/mol. The van der Waals surface area contributed by atoms with Gasteiger partial charge in [0.2, 0.25) is 0 Å². The monoisotopic (exact) mass is 366 g/mol. The fourth-order valence-electron chi connectivity index (χ4n) is 6.27. The molecule has 1 aromatic heterocycles. The van der Waals surface area contributed by atoms with Gasteiger partial charge >= 0.3 is 5.97 Å². The van der Waals surface area contributed by atoms with Gasteiger partial charge in [-0.1, -0.05) is 29.8 Å². The molecule has 5 heteroatoms. The van der Waals surface area contributed by atoms with Crippen LogP contribution in [-0.4, -0.2) is 46.8 Å². The molecule has 5 nitrogen and oxygen atoms in total. The molecule has 1 aromatic carbocycles. The first-order valence-electron chi connectivity index (χ1n) is 9.74. The van der Waals surface area contributed by atoms with Crippen LogP contribution in [0.4, 0.5) is 0 Å². The number of esters is 1. The number of aromatic nitrogens is 1. The highest BCUT2D eigenvalue weighted by Gasteiger charge is 2.65. The number of nitrogens with zero attached hydrogens (tertiary/aromatic N) is 2. The molecule has 4 bridgehead atoms. The number of methoxy groups -OCH3 is 1. The quantitative estimate of drug-likeness (QED) is 0.656. The molecule has 4 aliphatic rings. The zero-order valence-corrected chi connectivity index (χ0v) is 16.1. The number of fused-ring (bicyclic) bond motifs is 4. The van der Waals surface area contributed by atoms with Crippen molar-refractivity contribution in [3.8, 4) is 0 Å². The van der Waals surface area contributed by atoms with Crippen LogP contribution in [0.2, 0.25) is 0 Å². The Morgan fingerprint density at radius 2 is 2.19 bits per heavy atom. The molecule has 0 amide bonds. The Morgan fingerprint density at radius 1 is 1.41 bits per heavy atom. The summed E-state index contributed by atoms with van der Waals surface area (Å²) in [6, 6.07) is 8.77. The third-order valence-electron chi connectivity index (χ3n) is 7.46. The van der Waals surface area contributed by atoms with Crippen LogP contribution in [0.1, 0.15) is 30.6 Å². The van der Waals surface area contributed by atoms with Crippen LogP contribution in [0.5, 0.6) is 0 Å². The molecule has 0 radical (unpaired) electrons. The first-order chi connectivity index (χ1) is 13.1. The first kappa shape index (κ1) is 17.0. The largest absolute Gasteiger partial charge is 0.468 e. The average Bonchev–Trinajstić information content (AvgIpc) is 3.00. The van der Waals surface area contributed by atoms with Crippen LogP contribution in [0, 0.1) is 11.3 Å². The van der Waals surface area contributed by atoms with Crippen LogP contribution in [0.15, 0.2) is 35.9 Å². The maximum Gasteiger partial charge on any atom is 0.316 e. The number of benzene rings is 1. The van der Waals surface area contributed by atoms with Crippen LogP contribution in [0.3, 0.4) is 0 Å². The first-order valence-corrected chi connectivity index (χ1v) is 9.74. The number of piperidine rings is 3. The van der Waals surface area contributed by atoms with Gasteiger partial charge in [-0.15, -0.1) is 0 Å². The van der Waals surface area contributed by atoms with Gasteiger partial charge < -0.3 is 14.4 Å². The van der Waals surface area contributed by atoms with Crippen molar-refractivity contribution < 1.29 is 14.6 Å². The number of aryl methyl sites for hydroxylation is 1. The standard InChI is InChI=1S/C22H26N2O3/c1-4-13-11-24-18-10-16(13)22(12-25,21(26)27-3)19(24)9-15-14-7-5-6-8-17(14)23(2)20(15)18/h4-8,16,18-19,25H,9-12H2,1-3H3/b13-4-/t16-,18-,19-,22+/m0/s1. The number of aliphatic hydroxyl groups is 1. The number of para-hydroxylation sites is 1. The van der Waals surface area contributed by atoms with Gasteiger partial charge in [-0.05, 0) is 31.4 Å². The topological polar surface area (TPSA) is 54.7 Å². The number of rotatable bonds is 2. The van der Waals surface area contributed by atoms with Crippen molar-refractivity contribution in [3.05, 3.63) is 47.2 Å². The van der Waals surface area contributed by atoms with Crippen molar-refractivity contribution in [1.29, 1.82) is 0 Å². The van der Waals surface area contributed by atoms with E-state index in [9.17, 15) is 9.90 Å². The van der Waals surface area contributed by atoms with E-state index in [2.05, 4.69) is 46.9 Å². The molecule has 1 N–H and O–H groups in total. The molecule has 27 heavy (non-hydrogen) atoms. The second-order valence-corrected chi connectivity index (χ2v) is 8.19. The van der Waals surface area contributed by atoms with Gasteiger partial charge in [0.25, 0.3) is 0 Å². The second-order valence-electron chi connectivity index (χ2n) is 8.19. The summed E-state index contributed by atoms with van der Waals surface area (Å²) in [5, 5.41) is 11.8. The van der Waals surface area contributed by atoms with Gasteiger partial charge in [-0.3, -0.25) is 9.69 Å². The number of carbonyl (C=O) groups excluding carboxylic acids is 1. The molecule has 3 saturated heterocycles. The molecule has 2 aromatic rings. The molecule has 0 saturated carbocycles. The molecule has 6 rings (SSSR count). The second kappa shape index (κ2) is 5.69. The van der Waals surface area contributed by atoms with Crippen molar-refractivity contribution in [2.24, 2.45) is 18.4 Å². The van der Waals surface area contributed by atoms with Gasteiger partial charge in [-0.25, -0.2) is 0 Å². The summed E-state index contributed by atoms with van der Waals surface area (Å²) < 4.78 is 7.58. The van der Waals surface area contributed by atoms with Gasteiger partial charge in [0, 0.05) is 42.1 Å². The lowest BCUT2D eigenvalue weighted by atomic mass is 9.55. The van der Waals surface area contributed by atoms with Crippen molar-refractivity contribution in [2.45, 2.75) is 31.8 Å². The van der Waals surface area contributed by atoms with E-state index >= 15 is 0 Å². The van der Waals surface area contributed by atoms with E-state index in [0.717, 1.165) is 19.4 Å². The fraction of sp³-hybridized carbons (Fsp3) is 0.500. The van der Waals surface area contributed by atoms with Crippen LogP contribution in [0.25, 0.3) is 10.9 Å². The maximum atomic E-state index is 13.0. The average molecular weight is 366 g/mol. The van der Waals surface area contributed by atoms with Crippen molar-refractivity contribution >= 4 is 16.9 Å². The number of ether oxygens (including phenoxy) is 1. The summed E-state index contributed by atoms with van der Waals surface area (Å²) in [5.41, 5.74) is 4.34. The van der Waals surface area contributed by atoms with E-state index in [1.165, 1.54) is 34.8 Å². The molecule has 3 fully saturated rings. The maximum absolute atomic E-state index is 13.0. The summed E-state index contributed by atoms with van der Waals surface area (Å²) >= 11 is 0.